The Bertz CT molecular complexity index is 398. The molecule has 0 aliphatic carbocycles. The minimum Gasteiger partial charge on any atom is -0.508 e. The molecule has 1 atom stereocenters. The maximum absolute atomic E-state index is 9.44. The third-order valence-electron chi connectivity index (χ3n) is 5.46. The number of hydrogen-bond donors (Lipinski definition) is 1. The maximum atomic E-state index is 9.44. The third kappa shape index (κ3) is 3.17. The molecule has 1 heterocycles. The van der Waals surface area contributed by atoms with E-state index in [1.54, 1.807) is 0 Å². The predicted molar refractivity (Wildman–Crippen MR) is 85.0 cm³/mol. The van der Waals surface area contributed by atoms with E-state index in [0.717, 1.165) is 6.42 Å². The Morgan fingerprint density at radius 1 is 1.05 bits per heavy atom. The Morgan fingerprint density at radius 2 is 1.60 bits per heavy atom. The van der Waals surface area contributed by atoms with Crippen molar-refractivity contribution < 1.29 is 5.11 Å². The van der Waals surface area contributed by atoms with Crippen molar-refractivity contribution in [1.29, 1.82) is 0 Å². The van der Waals surface area contributed by atoms with Gasteiger partial charge in [-0.25, -0.2) is 0 Å². The van der Waals surface area contributed by atoms with Gasteiger partial charge < -0.3 is 5.11 Å². The van der Waals surface area contributed by atoms with Crippen LogP contribution in [-0.4, -0.2) is 23.1 Å². The van der Waals surface area contributed by atoms with Crippen molar-refractivity contribution >= 4 is 0 Å². The monoisotopic (exact) mass is 275 g/mol. The van der Waals surface area contributed by atoms with Crippen LogP contribution >= 0.6 is 0 Å². The van der Waals surface area contributed by atoms with Gasteiger partial charge in [0, 0.05) is 6.04 Å². The van der Waals surface area contributed by atoms with Crippen molar-refractivity contribution in [2.75, 3.05) is 13.1 Å². The highest BCUT2D eigenvalue weighted by Gasteiger charge is 2.33. The smallest absolute Gasteiger partial charge is 0.115 e. The first-order valence-electron chi connectivity index (χ1n) is 8.17. The lowest BCUT2D eigenvalue weighted by Crippen LogP contribution is -2.41. The van der Waals surface area contributed by atoms with E-state index in [2.05, 4.69) is 37.8 Å². The van der Waals surface area contributed by atoms with E-state index >= 15 is 0 Å². The van der Waals surface area contributed by atoms with Crippen molar-refractivity contribution in [1.82, 2.24) is 4.90 Å². The van der Waals surface area contributed by atoms with Crippen LogP contribution in [0, 0.1) is 5.41 Å². The minimum atomic E-state index is 0.359. The molecule has 0 aromatic heterocycles. The summed E-state index contributed by atoms with van der Waals surface area (Å²) in [5.74, 6) is 0.359. The first kappa shape index (κ1) is 15.4. The quantitative estimate of drug-likeness (QED) is 0.838. The summed E-state index contributed by atoms with van der Waals surface area (Å²) in [5, 5.41) is 9.44. The normalized spacial score (nSPS) is 20.8. The molecular formula is C18H29NO. The van der Waals surface area contributed by atoms with Crippen molar-refractivity contribution in [3.05, 3.63) is 29.8 Å². The van der Waals surface area contributed by atoms with E-state index in [9.17, 15) is 5.11 Å². The molecule has 1 fully saturated rings. The highest BCUT2D eigenvalue weighted by atomic mass is 16.3. The molecule has 2 nitrogen and oxygen atoms in total. The van der Waals surface area contributed by atoms with Gasteiger partial charge in [-0.1, -0.05) is 45.7 Å². The van der Waals surface area contributed by atoms with E-state index in [1.165, 1.54) is 44.3 Å². The van der Waals surface area contributed by atoms with Crippen molar-refractivity contribution in [3.63, 3.8) is 0 Å². The molecular weight excluding hydrogens is 246 g/mol. The summed E-state index contributed by atoms with van der Waals surface area (Å²) in [7, 11) is 0. The lowest BCUT2D eigenvalue weighted by Gasteiger charge is -2.44. The van der Waals surface area contributed by atoms with Gasteiger partial charge >= 0.3 is 0 Å². The molecule has 1 aromatic rings. The Labute approximate surface area is 123 Å². The first-order valence-corrected chi connectivity index (χ1v) is 8.17. The molecule has 1 unspecified atom stereocenters. The largest absolute Gasteiger partial charge is 0.508 e. The standard InChI is InChI=1S/C18H29NO/c1-4-17(15-7-9-16(20)10-8-15)19-13-11-18(5-2,6-3)12-14-19/h7-10,17,20H,4-6,11-14H2,1-3H3. The molecule has 1 aromatic carbocycles. The van der Waals surface area contributed by atoms with Crippen LogP contribution in [0.15, 0.2) is 24.3 Å². The molecule has 20 heavy (non-hydrogen) atoms. The number of likely N-dealkylation sites (tertiary alicyclic amines) is 1. The number of phenolic OH excluding ortho intramolecular Hbond substituents is 1. The second kappa shape index (κ2) is 6.62. The summed E-state index contributed by atoms with van der Waals surface area (Å²) in [5.41, 5.74) is 1.93. The molecule has 0 saturated carbocycles. The first-order chi connectivity index (χ1) is 9.64. The Kier molecular flexibility index (Phi) is 5.09. The highest BCUT2D eigenvalue weighted by Crippen LogP contribution is 2.40. The van der Waals surface area contributed by atoms with E-state index in [-0.39, 0.29) is 0 Å². The molecule has 2 heteroatoms. The average Bonchev–Trinajstić information content (AvgIpc) is 2.51. The van der Waals surface area contributed by atoms with Crippen molar-refractivity contribution in [2.45, 2.75) is 58.9 Å². The van der Waals surface area contributed by atoms with E-state index in [0.29, 0.717) is 17.2 Å². The fourth-order valence-corrected chi connectivity index (χ4v) is 3.67. The summed E-state index contributed by atoms with van der Waals surface area (Å²) >= 11 is 0. The van der Waals surface area contributed by atoms with Gasteiger partial charge in [0.1, 0.15) is 5.75 Å². The van der Waals surface area contributed by atoms with E-state index in [1.807, 2.05) is 12.1 Å². The van der Waals surface area contributed by atoms with Crippen LogP contribution < -0.4 is 0 Å². The Balaban J connectivity index is 2.05. The summed E-state index contributed by atoms with van der Waals surface area (Å²) in [6.45, 7) is 9.37. The van der Waals surface area contributed by atoms with Crippen LogP contribution in [0.1, 0.15) is 64.5 Å². The maximum Gasteiger partial charge on any atom is 0.115 e. The van der Waals surface area contributed by atoms with Gasteiger partial charge in [0.25, 0.3) is 0 Å². The lowest BCUT2D eigenvalue weighted by molar-refractivity contribution is 0.0642. The van der Waals surface area contributed by atoms with Gasteiger partial charge in [0.05, 0.1) is 0 Å². The Morgan fingerprint density at radius 3 is 2.05 bits per heavy atom. The predicted octanol–water partition coefficient (Wildman–Crippen LogP) is 4.75. The topological polar surface area (TPSA) is 23.5 Å². The fraction of sp³-hybridized carbons (Fsp3) is 0.667. The SMILES string of the molecule is CCC(c1ccc(O)cc1)N1CCC(CC)(CC)CC1. The molecule has 1 aliphatic heterocycles. The molecule has 0 bridgehead atoms. The highest BCUT2D eigenvalue weighted by molar-refractivity contribution is 5.28. The van der Waals surface area contributed by atoms with Gasteiger partial charge in [-0.05, 0) is 55.5 Å². The fourth-order valence-electron chi connectivity index (χ4n) is 3.67. The number of rotatable bonds is 5. The van der Waals surface area contributed by atoms with Gasteiger partial charge in [0.2, 0.25) is 0 Å². The minimum absolute atomic E-state index is 0.359. The van der Waals surface area contributed by atoms with Gasteiger partial charge in [-0.3, -0.25) is 4.90 Å². The van der Waals surface area contributed by atoms with Crippen LogP contribution in [0.3, 0.4) is 0 Å². The number of aromatic hydroxyl groups is 1. The number of hydrogen-bond acceptors (Lipinski definition) is 2. The van der Waals surface area contributed by atoms with Crippen LogP contribution in [0.4, 0.5) is 0 Å². The molecule has 0 radical (unpaired) electrons. The van der Waals surface area contributed by atoms with Crippen LogP contribution in [0.2, 0.25) is 0 Å². The van der Waals surface area contributed by atoms with Crippen LogP contribution in [-0.2, 0) is 0 Å². The zero-order chi connectivity index (χ0) is 14.6. The molecule has 1 N–H and O–H groups in total. The second-order valence-electron chi connectivity index (χ2n) is 6.26. The number of benzene rings is 1. The van der Waals surface area contributed by atoms with Crippen molar-refractivity contribution in [2.24, 2.45) is 5.41 Å². The molecule has 112 valence electrons. The Hall–Kier alpha value is -1.02. The molecule has 1 saturated heterocycles. The lowest BCUT2D eigenvalue weighted by atomic mass is 9.74. The van der Waals surface area contributed by atoms with E-state index in [4.69, 9.17) is 0 Å². The zero-order valence-corrected chi connectivity index (χ0v) is 13.2. The summed E-state index contributed by atoms with van der Waals surface area (Å²) in [6, 6.07) is 8.27. The molecule has 1 aliphatic rings. The van der Waals surface area contributed by atoms with Crippen molar-refractivity contribution in [3.8, 4) is 5.75 Å². The van der Waals surface area contributed by atoms with Gasteiger partial charge in [-0.2, -0.15) is 0 Å². The summed E-state index contributed by atoms with van der Waals surface area (Å²) in [4.78, 5) is 2.63. The third-order valence-corrected chi connectivity index (χ3v) is 5.46. The van der Waals surface area contributed by atoms with Gasteiger partial charge in [0.15, 0.2) is 0 Å². The molecule has 2 rings (SSSR count). The summed E-state index contributed by atoms with van der Waals surface area (Å²) < 4.78 is 0. The number of piperidine rings is 1. The molecule has 0 spiro atoms. The van der Waals surface area contributed by atoms with Gasteiger partial charge in [-0.15, -0.1) is 0 Å². The van der Waals surface area contributed by atoms with Crippen LogP contribution in [0.25, 0.3) is 0 Å². The summed E-state index contributed by atoms with van der Waals surface area (Å²) in [6.07, 6.45) is 6.42. The second-order valence-corrected chi connectivity index (χ2v) is 6.26. The average molecular weight is 275 g/mol. The van der Waals surface area contributed by atoms with Crippen LogP contribution in [0.5, 0.6) is 5.75 Å². The molecule has 0 amide bonds. The zero-order valence-electron chi connectivity index (χ0n) is 13.2. The van der Waals surface area contributed by atoms with E-state index < -0.39 is 0 Å². The number of nitrogens with zero attached hydrogens (tertiary/aromatic N) is 1. The number of phenols is 1.